The van der Waals surface area contributed by atoms with Gasteiger partial charge in [0.1, 0.15) is 11.5 Å². The van der Waals surface area contributed by atoms with Gasteiger partial charge in [-0.1, -0.05) is 6.07 Å². The van der Waals surface area contributed by atoms with Gasteiger partial charge in [-0.3, -0.25) is 10.1 Å². The van der Waals surface area contributed by atoms with Crippen molar-refractivity contribution in [1.82, 2.24) is 10.6 Å². The third kappa shape index (κ3) is 4.13. The summed E-state index contributed by atoms with van der Waals surface area (Å²) in [5, 5.41) is 15.8. The molecule has 5 heteroatoms. The van der Waals surface area contributed by atoms with Crippen molar-refractivity contribution < 1.29 is 14.6 Å². The lowest BCUT2D eigenvalue weighted by Crippen LogP contribution is -2.43. The highest BCUT2D eigenvalue weighted by molar-refractivity contribution is 5.81. The number of hydrogen-bond acceptors (Lipinski definition) is 4. The van der Waals surface area contributed by atoms with Crippen LogP contribution in [0.15, 0.2) is 18.2 Å². The Balaban J connectivity index is 2.72. The number of likely N-dealkylation sites (N-methyl/N-ethyl adjacent to an activating group) is 1. The first kappa shape index (κ1) is 15.3. The van der Waals surface area contributed by atoms with Crippen LogP contribution >= 0.6 is 0 Å². The summed E-state index contributed by atoms with van der Waals surface area (Å²) in [4.78, 5) is 11.6. The van der Waals surface area contributed by atoms with Crippen LogP contribution in [-0.2, 0) is 4.79 Å². The number of methoxy groups -OCH3 is 1. The molecule has 0 aliphatic carbocycles. The van der Waals surface area contributed by atoms with Crippen molar-refractivity contribution in [3.63, 3.8) is 0 Å². The molecule has 19 heavy (non-hydrogen) atoms. The molecule has 0 spiro atoms. The minimum Gasteiger partial charge on any atom is -0.507 e. The lowest BCUT2D eigenvalue weighted by Gasteiger charge is -2.20. The standard InChI is InChI=1S/C14H22N2O3/c1-5-15-14(18)10(3)16-9(2)12-7-6-11(19-4)8-13(12)17/h6-10,16-17H,5H2,1-4H3,(H,15,18). The van der Waals surface area contributed by atoms with Gasteiger partial charge in [0.2, 0.25) is 5.91 Å². The number of carbonyl (C=O) groups is 1. The Morgan fingerprint density at radius 3 is 2.63 bits per heavy atom. The first-order valence-electron chi connectivity index (χ1n) is 6.40. The van der Waals surface area contributed by atoms with Crippen LogP contribution in [0.4, 0.5) is 0 Å². The van der Waals surface area contributed by atoms with E-state index in [0.717, 1.165) is 5.56 Å². The second kappa shape index (κ2) is 6.99. The summed E-state index contributed by atoms with van der Waals surface area (Å²) in [6, 6.07) is 4.67. The summed E-state index contributed by atoms with van der Waals surface area (Å²) in [5.74, 6) is 0.704. The van der Waals surface area contributed by atoms with Gasteiger partial charge in [-0.25, -0.2) is 0 Å². The summed E-state index contributed by atoms with van der Waals surface area (Å²) in [5.41, 5.74) is 0.733. The largest absolute Gasteiger partial charge is 0.507 e. The number of amides is 1. The van der Waals surface area contributed by atoms with Crippen molar-refractivity contribution in [3.05, 3.63) is 23.8 Å². The van der Waals surface area contributed by atoms with Crippen LogP contribution in [-0.4, -0.2) is 30.7 Å². The molecule has 0 aliphatic rings. The predicted molar refractivity (Wildman–Crippen MR) is 74.4 cm³/mol. The van der Waals surface area contributed by atoms with E-state index in [1.165, 1.54) is 0 Å². The monoisotopic (exact) mass is 266 g/mol. The van der Waals surface area contributed by atoms with Gasteiger partial charge in [0.25, 0.3) is 0 Å². The van der Waals surface area contributed by atoms with Crippen molar-refractivity contribution in [2.75, 3.05) is 13.7 Å². The van der Waals surface area contributed by atoms with Gasteiger partial charge in [0, 0.05) is 24.2 Å². The van der Waals surface area contributed by atoms with Crippen molar-refractivity contribution in [3.8, 4) is 11.5 Å². The van der Waals surface area contributed by atoms with Crippen LogP contribution in [0.25, 0.3) is 0 Å². The smallest absolute Gasteiger partial charge is 0.236 e. The van der Waals surface area contributed by atoms with Crippen molar-refractivity contribution in [2.24, 2.45) is 0 Å². The van der Waals surface area contributed by atoms with E-state index in [9.17, 15) is 9.90 Å². The molecule has 0 radical (unpaired) electrons. The van der Waals surface area contributed by atoms with Crippen LogP contribution in [0.3, 0.4) is 0 Å². The van der Waals surface area contributed by atoms with Crippen LogP contribution < -0.4 is 15.4 Å². The number of aromatic hydroxyl groups is 1. The third-order valence-corrected chi connectivity index (χ3v) is 2.95. The SMILES string of the molecule is CCNC(=O)C(C)NC(C)c1ccc(OC)cc1O. The van der Waals surface area contributed by atoms with Crippen LogP contribution in [0.2, 0.25) is 0 Å². The van der Waals surface area contributed by atoms with E-state index in [2.05, 4.69) is 10.6 Å². The second-order valence-electron chi connectivity index (χ2n) is 4.43. The molecule has 0 saturated heterocycles. The highest BCUT2D eigenvalue weighted by Crippen LogP contribution is 2.28. The summed E-state index contributed by atoms with van der Waals surface area (Å²) < 4.78 is 5.04. The van der Waals surface area contributed by atoms with E-state index in [-0.39, 0.29) is 23.7 Å². The lowest BCUT2D eigenvalue weighted by molar-refractivity contribution is -0.122. The maximum atomic E-state index is 11.6. The zero-order chi connectivity index (χ0) is 14.4. The van der Waals surface area contributed by atoms with E-state index >= 15 is 0 Å². The molecule has 0 aliphatic heterocycles. The van der Waals surface area contributed by atoms with Gasteiger partial charge in [-0.05, 0) is 26.8 Å². The molecule has 0 saturated carbocycles. The number of ether oxygens (including phenoxy) is 1. The normalized spacial score (nSPS) is 13.7. The zero-order valence-corrected chi connectivity index (χ0v) is 11.9. The molecule has 5 nitrogen and oxygen atoms in total. The summed E-state index contributed by atoms with van der Waals surface area (Å²) in [7, 11) is 1.55. The Kier molecular flexibility index (Phi) is 5.63. The number of benzene rings is 1. The number of rotatable bonds is 6. The number of carbonyl (C=O) groups excluding carboxylic acids is 1. The average molecular weight is 266 g/mol. The Morgan fingerprint density at radius 1 is 1.42 bits per heavy atom. The molecule has 2 atom stereocenters. The fourth-order valence-corrected chi connectivity index (χ4v) is 1.88. The summed E-state index contributed by atoms with van der Waals surface area (Å²) >= 11 is 0. The molecule has 106 valence electrons. The van der Waals surface area contributed by atoms with Crippen molar-refractivity contribution in [1.29, 1.82) is 0 Å². The van der Waals surface area contributed by atoms with E-state index in [1.54, 1.807) is 32.2 Å². The minimum atomic E-state index is -0.323. The molecule has 0 bridgehead atoms. The summed E-state index contributed by atoms with van der Waals surface area (Å²) in [6.07, 6.45) is 0. The zero-order valence-electron chi connectivity index (χ0n) is 11.9. The quantitative estimate of drug-likeness (QED) is 0.731. The highest BCUT2D eigenvalue weighted by atomic mass is 16.5. The van der Waals surface area contributed by atoms with E-state index in [4.69, 9.17) is 4.74 Å². The summed E-state index contributed by atoms with van der Waals surface area (Å²) in [6.45, 7) is 6.18. The molecule has 1 aromatic carbocycles. The van der Waals surface area contributed by atoms with E-state index in [1.807, 2.05) is 13.8 Å². The van der Waals surface area contributed by atoms with Gasteiger partial charge in [-0.15, -0.1) is 0 Å². The number of nitrogens with one attached hydrogen (secondary N) is 2. The van der Waals surface area contributed by atoms with Gasteiger partial charge < -0.3 is 15.2 Å². The second-order valence-corrected chi connectivity index (χ2v) is 4.43. The van der Waals surface area contributed by atoms with Crippen LogP contribution in [0.5, 0.6) is 11.5 Å². The Bertz CT molecular complexity index is 435. The van der Waals surface area contributed by atoms with Crippen LogP contribution in [0.1, 0.15) is 32.4 Å². The van der Waals surface area contributed by atoms with E-state index < -0.39 is 0 Å². The first-order chi connectivity index (χ1) is 8.99. The van der Waals surface area contributed by atoms with Gasteiger partial charge >= 0.3 is 0 Å². The first-order valence-corrected chi connectivity index (χ1v) is 6.40. The molecule has 1 amide bonds. The lowest BCUT2D eigenvalue weighted by atomic mass is 10.1. The Hall–Kier alpha value is -1.75. The molecular formula is C14H22N2O3. The van der Waals surface area contributed by atoms with E-state index in [0.29, 0.717) is 12.3 Å². The maximum Gasteiger partial charge on any atom is 0.236 e. The van der Waals surface area contributed by atoms with Crippen molar-refractivity contribution in [2.45, 2.75) is 32.9 Å². The molecule has 1 aromatic rings. The van der Waals surface area contributed by atoms with Crippen molar-refractivity contribution >= 4 is 5.91 Å². The topological polar surface area (TPSA) is 70.6 Å². The van der Waals surface area contributed by atoms with Crippen LogP contribution in [0, 0.1) is 0 Å². The molecule has 2 unspecified atom stereocenters. The fourth-order valence-electron chi connectivity index (χ4n) is 1.88. The molecule has 0 aromatic heterocycles. The fraction of sp³-hybridized carbons (Fsp3) is 0.500. The molecule has 1 rings (SSSR count). The van der Waals surface area contributed by atoms with Gasteiger partial charge in [-0.2, -0.15) is 0 Å². The Morgan fingerprint density at radius 2 is 2.11 bits per heavy atom. The maximum absolute atomic E-state index is 11.6. The number of phenolic OH excluding ortho intramolecular Hbond substituents is 1. The third-order valence-electron chi connectivity index (χ3n) is 2.95. The number of hydrogen-bond donors (Lipinski definition) is 3. The molecule has 3 N–H and O–H groups in total. The van der Waals surface area contributed by atoms with Gasteiger partial charge in [0.15, 0.2) is 0 Å². The van der Waals surface area contributed by atoms with Gasteiger partial charge in [0.05, 0.1) is 13.2 Å². The minimum absolute atomic E-state index is 0.0534. The Labute approximate surface area is 114 Å². The molecular weight excluding hydrogens is 244 g/mol. The average Bonchev–Trinajstić information content (AvgIpc) is 2.38. The highest BCUT2D eigenvalue weighted by Gasteiger charge is 2.17. The molecule has 0 heterocycles. The number of phenols is 1. The molecule has 0 fully saturated rings. The predicted octanol–water partition coefficient (Wildman–Crippen LogP) is 1.58.